The lowest BCUT2D eigenvalue weighted by atomic mass is 10.4. The second kappa shape index (κ2) is 5.68. The fourth-order valence-corrected chi connectivity index (χ4v) is 2.32. The van der Waals surface area contributed by atoms with Gasteiger partial charge in [0, 0.05) is 12.1 Å². The summed E-state index contributed by atoms with van der Waals surface area (Å²) in [6.07, 6.45) is 1.65. The molecule has 0 aliphatic carbocycles. The minimum absolute atomic E-state index is 0.270. The molecule has 2 heterocycles. The molecule has 6 nitrogen and oxygen atoms in total. The van der Waals surface area contributed by atoms with E-state index < -0.39 is 0 Å². The van der Waals surface area contributed by atoms with Crippen molar-refractivity contribution in [3.63, 3.8) is 0 Å². The van der Waals surface area contributed by atoms with Gasteiger partial charge in [0.2, 0.25) is 0 Å². The molecule has 2 rings (SSSR count). The lowest BCUT2D eigenvalue weighted by Gasteiger charge is -2.48. The maximum Gasteiger partial charge on any atom is 0.411 e. The molecule has 0 radical (unpaired) electrons. The molecule has 0 aromatic heterocycles. The first kappa shape index (κ1) is 12.6. The third-order valence-corrected chi connectivity index (χ3v) is 3.01. The summed E-state index contributed by atoms with van der Waals surface area (Å²) in [5.74, 6) is 0. The van der Waals surface area contributed by atoms with Crippen LogP contribution < -0.4 is 0 Å². The van der Waals surface area contributed by atoms with Gasteiger partial charge in [0.1, 0.15) is 0 Å². The predicted molar refractivity (Wildman–Crippen MR) is 64.0 cm³/mol. The number of rotatable bonds is 2. The van der Waals surface area contributed by atoms with Crippen LogP contribution in [0.1, 0.15) is 0 Å². The SMILES string of the molecule is COC(=O)N1CN2CN(C/C=C/Cl)CN(C2)C1. The second-order valence-corrected chi connectivity index (χ2v) is 4.53. The monoisotopic (exact) mass is 260 g/mol. The Morgan fingerprint density at radius 3 is 2.41 bits per heavy atom. The van der Waals surface area contributed by atoms with E-state index in [-0.39, 0.29) is 6.09 Å². The summed E-state index contributed by atoms with van der Waals surface area (Å²) >= 11 is 5.52. The first-order valence-corrected chi connectivity index (χ1v) is 5.91. The summed E-state index contributed by atoms with van der Waals surface area (Å²) in [7, 11) is 1.41. The van der Waals surface area contributed by atoms with Gasteiger partial charge in [-0.15, -0.1) is 0 Å². The third kappa shape index (κ3) is 3.10. The van der Waals surface area contributed by atoms with Gasteiger partial charge in [0.25, 0.3) is 0 Å². The number of hydrogen-bond donors (Lipinski definition) is 0. The summed E-state index contributed by atoms with van der Waals surface area (Å²) in [5.41, 5.74) is 1.54. The maximum atomic E-state index is 11.5. The Bertz CT molecular complexity index is 299. The number of fused-ring (bicyclic) bond motifs is 2. The average molecular weight is 261 g/mol. The summed E-state index contributed by atoms with van der Waals surface area (Å²) < 4.78 is 4.74. The van der Waals surface area contributed by atoms with Crippen molar-refractivity contribution >= 4 is 17.7 Å². The van der Waals surface area contributed by atoms with Crippen LogP contribution in [0.4, 0.5) is 4.79 Å². The Hall–Kier alpha value is -0.820. The Balaban J connectivity index is 1.91. The first-order valence-electron chi connectivity index (χ1n) is 5.48. The second-order valence-electron chi connectivity index (χ2n) is 4.27. The van der Waals surface area contributed by atoms with Crippen molar-refractivity contribution in [2.75, 3.05) is 47.0 Å². The fourth-order valence-electron chi connectivity index (χ4n) is 2.24. The van der Waals surface area contributed by atoms with Gasteiger partial charge in [-0.25, -0.2) is 4.79 Å². The van der Waals surface area contributed by atoms with E-state index in [0.29, 0.717) is 13.3 Å². The number of nitrogens with zero attached hydrogens (tertiary/aromatic N) is 4. The molecule has 2 fully saturated rings. The highest BCUT2D eigenvalue weighted by molar-refractivity contribution is 6.25. The van der Waals surface area contributed by atoms with Crippen molar-refractivity contribution in [3.8, 4) is 0 Å². The number of amides is 1. The van der Waals surface area contributed by atoms with Gasteiger partial charge in [0.15, 0.2) is 0 Å². The quantitative estimate of drug-likeness (QED) is 0.724. The number of halogens is 1. The molecule has 2 aliphatic rings. The van der Waals surface area contributed by atoms with Gasteiger partial charge in [0.05, 0.1) is 40.5 Å². The van der Waals surface area contributed by atoms with E-state index >= 15 is 0 Å². The number of carbonyl (C=O) groups is 1. The highest BCUT2D eigenvalue weighted by Crippen LogP contribution is 2.15. The van der Waals surface area contributed by atoms with E-state index in [9.17, 15) is 4.79 Å². The lowest BCUT2D eigenvalue weighted by Crippen LogP contribution is -2.64. The summed E-state index contributed by atoms with van der Waals surface area (Å²) in [6.45, 7) is 4.63. The average Bonchev–Trinajstić information content (AvgIpc) is 2.34. The molecule has 0 saturated carbocycles. The minimum Gasteiger partial charge on any atom is -0.453 e. The zero-order chi connectivity index (χ0) is 12.3. The van der Waals surface area contributed by atoms with Crippen LogP contribution in [0.25, 0.3) is 0 Å². The summed E-state index contributed by atoms with van der Waals surface area (Å²) in [6, 6.07) is 0. The van der Waals surface area contributed by atoms with Crippen LogP contribution >= 0.6 is 11.6 Å². The van der Waals surface area contributed by atoms with E-state index in [2.05, 4.69) is 14.7 Å². The zero-order valence-corrected chi connectivity index (χ0v) is 10.6. The fraction of sp³-hybridized carbons (Fsp3) is 0.700. The summed E-state index contributed by atoms with van der Waals surface area (Å²) in [5, 5.41) is 0. The van der Waals surface area contributed by atoms with E-state index in [1.54, 1.807) is 4.90 Å². The largest absolute Gasteiger partial charge is 0.453 e. The third-order valence-electron chi connectivity index (χ3n) is 2.83. The Labute approximate surface area is 106 Å². The maximum absolute atomic E-state index is 11.5. The molecule has 2 unspecified atom stereocenters. The van der Waals surface area contributed by atoms with E-state index in [4.69, 9.17) is 16.3 Å². The Kier molecular flexibility index (Phi) is 4.22. The molecular weight excluding hydrogens is 244 g/mol. The highest BCUT2D eigenvalue weighted by atomic mass is 35.5. The molecule has 2 atom stereocenters. The van der Waals surface area contributed by atoms with Gasteiger partial charge < -0.3 is 4.74 Å². The molecule has 1 amide bonds. The number of methoxy groups -OCH3 is 1. The van der Waals surface area contributed by atoms with E-state index in [1.807, 2.05) is 6.08 Å². The molecule has 96 valence electrons. The van der Waals surface area contributed by atoms with Crippen LogP contribution in [0.15, 0.2) is 11.6 Å². The van der Waals surface area contributed by atoms with Crippen LogP contribution in [0.5, 0.6) is 0 Å². The van der Waals surface area contributed by atoms with Crippen molar-refractivity contribution in [2.45, 2.75) is 0 Å². The summed E-state index contributed by atoms with van der Waals surface area (Å²) in [4.78, 5) is 19.8. The Morgan fingerprint density at radius 2 is 1.88 bits per heavy atom. The normalized spacial score (nSPS) is 29.6. The predicted octanol–water partition coefficient (Wildman–Crippen LogP) is 0.528. The Morgan fingerprint density at radius 1 is 1.24 bits per heavy atom. The van der Waals surface area contributed by atoms with Crippen molar-refractivity contribution < 1.29 is 9.53 Å². The molecule has 0 aromatic carbocycles. The molecule has 0 aromatic rings. The number of ether oxygens (including phenoxy) is 1. The molecule has 17 heavy (non-hydrogen) atoms. The smallest absolute Gasteiger partial charge is 0.411 e. The number of hydrogen-bond acceptors (Lipinski definition) is 5. The van der Waals surface area contributed by atoms with Crippen LogP contribution in [0, 0.1) is 0 Å². The number of carbonyl (C=O) groups excluding carboxylic acids is 1. The van der Waals surface area contributed by atoms with Gasteiger partial charge >= 0.3 is 6.09 Å². The lowest BCUT2D eigenvalue weighted by molar-refractivity contribution is -0.108. The van der Waals surface area contributed by atoms with Crippen LogP contribution in [0.2, 0.25) is 0 Å². The van der Waals surface area contributed by atoms with Gasteiger partial charge in [-0.2, -0.15) is 0 Å². The molecular formula is C10H17ClN4O2. The zero-order valence-electron chi connectivity index (χ0n) is 9.88. The molecule has 2 bridgehead atoms. The van der Waals surface area contributed by atoms with E-state index in [1.165, 1.54) is 12.6 Å². The molecule has 0 spiro atoms. The first-order chi connectivity index (χ1) is 8.22. The molecule has 2 saturated heterocycles. The van der Waals surface area contributed by atoms with Crippen molar-refractivity contribution in [3.05, 3.63) is 11.6 Å². The van der Waals surface area contributed by atoms with Crippen LogP contribution in [0.3, 0.4) is 0 Å². The van der Waals surface area contributed by atoms with Gasteiger partial charge in [-0.05, 0) is 0 Å². The molecule has 0 N–H and O–H groups in total. The van der Waals surface area contributed by atoms with Crippen LogP contribution in [-0.2, 0) is 4.74 Å². The van der Waals surface area contributed by atoms with Crippen molar-refractivity contribution in [1.82, 2.24) is 19.6 Å². The van der Waals surface area contributed by atoms with Crippen molar-refractivity contribution in [1.29, 1.82) is 0 Å². The van der Waals surface area contributed by atoms with E-state index in [0.717, 1.165) is 26.6 Å². The van der Waals surface area contributed by atoms with Crippen molar-refractivity contribution in [2.24, 2.45) is 0 Å². The topological polar surface area (TPSA) is 39.3 Å². The highest BCUT2D eigenvalue weighted by Gasteiger charge is 2.32. The standard InChI is InChI=1S/C10H17ClN4O2/c1-17-10(16)15-8-13-5-12(4-2-3-11)6-14(7-13)9-15/h2-3H,4-9H2,1H3/b3-2+. The minimum atomic E-state index is -0.270. The van der Waals surface area contributed by atoms with Gasteiger partial charge in [-0.1, -0.05) is 17.7 Å². The van der Waals surface area contributed by atoms with Gasteiger partial charge in [-0.3, -0.25) is 19.6 Å². The molecule has 7 heteroatoms. The van der Waals surface area contributed by atoms with Crippen LogP contribution in [-0.4, -0.2) is 72.7 Å². The molecule has 2 aliphatic heterocycles.